The third-order valence-corrected chi connectivity index (χ3v) is 4.50. The molecular formula is C19H21ClN4O2. The van der Waals surface area contributed by atoms with Crippen molar-refractivity contribution in [3.05, 3.63) is 53.7 Å². The van der Waals surface area contributed by atoms with Gasteiger partial charge in [-0.05, 0) is 43.7 Å². The summed E-state index contributed by atoms with van der Waals surface area (Å²) in [7, 11) is 0. The Labute approximate surface area is 157 Å². The predicted octanol–water partition coefficient (Wildman–Crippen LogP) is 3.02. The van der Waals surface area contributed by atoms with E-state index in [0.717, 1.165) is 25.1 Å². The molecule has 0 aliphatic carbocycles. The molecule has 0 bridgehead atoms. The van der Waals surface area contributed by atoms with Gasteiger partial charge in [0.2, 0.25) is 11.8 Å². The summed E-state index contributed by atoms with van der Waals surface area (Å²) in [5.41, 5.74) is 0.793. The van der Waals surface area contributed by atoms with E-state index in [1.807, 2.05) is 35.2 Å². The minimum atomic E-state index is -0.149. The molecule has 1 atom stereocenters. The summed E-state index contributed by atoms with van der Waals surface area (Å²) in [6.45, 7) is 1.61. The number of rotatable bonds is 5. The molecular weight excluding hydrogens is 352 g/mol. The van der Waals surface area contributed by atoms with Gasteiger partial charge in [-0.3, -0.25) is 14.5 Å². The second kappa shape index (κ2) is 8.78. The SMILES string of the molecule is O=C(CN1CCCC(C(=O)Nc2ccccc2)C1)Nc1ccc(Cl)cn1. The smallest absolute Gasteiger partial charge is 0.239 e. The average molecular weight is 373 g/mol. The monoisotopic (exact) mass is 372 g/mol. The van der Waals surface area contributed by atoms with Crippen molar-refractivity contribution in [3.63, 3.8) is 0 Å². The summed E-state index contributed by atoms with van der Waals surface area (Å²) in [4.78, 5) is 30.7. The summed E-state index contributed by atoms with van der Waals surface area (Å²) in [5, 5.41) is 6.21. The van der Waals surface area contributed by atoms with E-state index in [4.69, 9.17) is 11.6 Å². The summed E-state index contributed by atoms with van der Waals surface area (Å²) in [6.07, 6.45) is 3.21. The lowest BCUT2D eigenvalue weighted by molar-refractivity contribution is -0.123. The molecule has 26 heavy (non-hydrogen) atoms. The number of halogens is 1. The average Bonchev–Trinajstić information content (AvgIpc) is 2.64. The standard InChI is InChI=1S/C19H21ClN4O2/c20-15-8-9-17(21-11-15)23-18(25)13-24-10-4-5-14(12-24)19(26)22-16-6-2-1-3-7-16/h1-3,6-9,11,14H,4-5,10,12-13H2,(H,22,26)(H,21,23,25). The van der Waals surface area contributed by atoms with Gasteiger partial charge in [0, 0.05) is 18.4 Å². The highest BCUT2D eigenvalue weighted by Crippen LogP contribution is 2.19. The van der Waals surface area contributed by atoms with Gasteiger partial charge in [-0.25, -0.2) is 4.98 Å². The van der Waals surface area contributed by atoms with Crippen LogP contribution in [0.25, 0.3) is 0 Å². The van der Waals surface area contributed by atoms with Gasteiger partial charge < -0.3 is 10.6 Å². The lowest BCUT2D eigenvalue weighted by Gasteiger charge is -2.31. The van der Waals surface area contributed by atoms with E-state index in [0.29, 0.717) is 17.4 Å². The first-order valence-electron chi connectivity index (χ1n) is 8.60. The topological polar surface area (TPSA) is 74.3 Å². The second-order valence-electron chi connectivity index (χ2n) is 6.34. The Kier molecular flexibility index (Phi) is 6.20. The van der Waals surface area contributed by atoms with Crippen LogP contribution in [0.4, 0.5) is 11.5 Å². The van der Waals surface area contributed by atoms with Gasteiger partial charge in [-0.15, -0.1) is 0 Å². The molecule has 136 valence electrons. The first-order valence-corrected chi connectivity index (χ1v) is 8.97. The third-order valence-electron chi connectivity index (χ3n) is 4.28. The number of amides is 2. The minimum Gasteiger partial charge on any atom is -0.326 e. The van der Waals surface area contributed by atoms with Crippen LogP contribution in [0.3, 0.4) is 0 Å². The lowest BCUT2D eigenvalue weighted by Crippen LogP contribution is -2.44. The van der Waals surface area contributed by atoms with Crippen LogP contribution in [0.5, 0.6) is 0 Å². The summed E-state index contributed by atoms with van der Waals surface area (Å²) < 4.78 is 0. The highest BCUT2D eigenvalue weighted by atomic mass is 35.5. The fraction of sp³-hybridized carbons (Fsp3) is 0.316. The molecule has 2 amide bonds. The van der Waals surface area contributed by atoms with E-state index in [-0.39, 0.29) is 24.3 Å². The highest BCUT2D eigenvalue weighted by molar-refractivity contribution is 6.30. The van der Waals surface area contributed by atoms with Gasteiger partial charge in [0.15, 0.2) is 0 Å². The number of piperidine rings is 1. The Hall–Kier alpha value is -2.44. The number of carbonyl (C=O) groups is 2. The van der Waals surface area contributed by atoms with Crippen LogP contribution in [0.2, 0.25) is 5.02 Å². The number of carbonyl (C=O) groups excluding carboxylic acids is 2. The molecule has 1 unspecified atom stereocenters. The van der Waals surface area contributed by atoms with Crippen molar-refractivity contribution in [1.29, 1.82) is 0 Å². The lowest BCUT2D eigenvalue weighted by atomic mass is 9.97. The zero-order chi connectivity index (χ0) is 18.4. The summed E-state index contributed by atoms with van der Waals surface area (Å²) >= 11 is 5.79. The Morgan fingerprint density at radius 1 is 1.15 bits per heavy atom. The maximum absolute atomic E-state index is 12.5. The quantitative estimate of drug-likeness (QED) is 0.846. The molecule has 6 nitrogen and oxygen atoms in total. The normalized spacial score (nSPS) is 17.5. The van der Waals surface area contributed by atoms with Crippen molar-refractivity contribution < 1.29 is 9.59 Å². The van der Waals surface area contributed by atoms with Crippen LogP contribution in [0.15, 0.2) is 48.7 Å². The van der Waals surface area contributed by atoms with E-state index < -0.39 is 0 Å². The fourth-order valence-electron chi connectivity index (χ4n) is 3.01. The Bertz CT molecular complexity index is 752. The minimum absolute atomic E-state index is 0.000626. The van der Waals surface area contributed by atoms with Crippen LogP contribution in [-0.2, 0) is 9.59 Å². The summed E-state index contributed by atoms with van der Waals surface area (Å²) in [5.74, 6) is 0.199. The molecule has 1 aromatic carbocycles. The van der Waals surface area contributed by atoms with Crippen LogP contribution < -0.4 is 10.6 Å². The van der Waals surface area contributed by atoms with Gasteiger partial charge in [-0.2, -0.15) is 0 Å². The van der Waals surface area contributed by atoms with E-state index in [1.54, 1.807) is 12.1 Å². The molecule has 1 saturated heterocycles. The van der Waals surface area contributed by atoms with Crippen LogP contribution in [0.1, 0.15) is 12.8 Å². The number of para-hydroxylation sites is 1. The van der Waals surface area contributed by atoms with Gasteiger partial charge in [0.05, 0.1) is 17.5 Å². The number of benzene rings is 1. The number of likely N-dealkylation sites (tertiary alicyclic amines) is 1. The molecule has 1 aromatic heterocycles. The number of nitrogens with zero attached hydrogens (tertiary/aromatic N) is 2. The first kappa shape index (κ1) is 18.4. The van der Waals surface area contributed by atoms with Gasteiger partial charge in [0.25, 0.3) is 0 Å². The van der Waals surface area contributed by atoms with Crippen molar-refractivity contribution >= 4 is 34.9 Å². The highest BCUT2D eigenvalue weighted by Gasteiger charge is 2.26. The van der Waals surface area contributed by atoms with Crippen LogP contribution in [0, 0.1) is 5.92 Å². The molecule has 2 aromatic rings. The molecule has 0 saturated carbocycles. The molecule has 2 heterocycles. The molecule has 1 aliphatic rings. The zero-order valence-electron chi connectivity index (χ0n) is 14.3. The second-order valence-corrected chi connectivity index (χ2v) is 6.78. The van der Waals surface area contributed by atoms with E-state index >= 15 is 0 Å². The number of pyridine rings is 1. The molecule has 0 spiro atoms. The third kappa shape index (κ3) is 5.28. The number of nitrogens with one attached hydrogen (secondary N) is 2. The maximum Gasteiger partial charge on any atom is 0.239 e. The zero-order valence-corrected chi connectivity index (χ0v) is 15.1. The van der Waals surface area contributed by atoms with Crippen molar-refractivity contribution in [3.8, 4) is 0 Å². The first-order chi connectivity index (χ1) is 12.6. The Morgan fingerprint density at radius 2 is 1.96 bits per heavy atom. The molecule has 0 radical (unpaired) electrons. The van der Waals surface area contributed by atoms with Crippen LogP contribution in [-0.4, -0.2) is 41.3 Å². The van der Waals surface area contributed by atoms with E-state index in [1.165, 1.54) is 6.20 Å². The molecule has 7 heteroatoms. The summed E-state index contributed by atoms with van der Waals surface area (Å²) in [6, 6.07) is 12.7. The maximum atomic E-state index is 12.5. The number of hydrogen-bond acceptors (Lipinski definition) is 4. The van der Waals surface area contributed by atoms with Gasteiger partial charge >= 0.3 is 0 Å². The van der Waals surface area contributed by atoms with E-state index in [9.17, 15) is 9.59 Å². The van der Waals surface area contributed by atoms with E-state index in [2.05, 4.69) is 15.6 Å². The fourth-order valence-corrected chi connectivity index (χ4v) is 3.13. The number of hydrogen-bond donors (Lipinski definition) is 2. The van der Waals surface area contributed by atoms with Crippen molar-refractivity contribution in [2.45, 2.75) is 12.8 Å². The molecule has 1 fully saturated rings. The number of anilines is 2. The van der Waals surface area contributed by atoms with Crippen LogP contribution >= 0.6 is 11.6 Å². The van der Waals surface area contributed by atoms with Gasteiger partial charge in [0.1, 0.15) is 5.82 Å². The van der Waals surface area contributed by atoms with Gasteiger partial charge in [-0.1, -0.05) is 29.8 Å². The molecule has 2 N–H and O–H groups in total. The predicted molar refractivity (Wildman–Crippen MR) is 102 cm³/mol. The Balaban J connectivity index is 1.50. The van der Waals surface area contributed by atoms with Crippen molar-refractivity contribution in [2.24, 2.45) is 5.92 Å². The largest absolute Gasteiger partial charge is 0.326 e. The molecule has 3 rings (SSSR count). The Morgan fingerprint density at radius 3 is 2.69 bits per heavy atom. The van der Waals surface area contributed by atoms with Crippen molar-refractivity contribution in [2.75, 3.05) is 30.3 Å². The number of aromatic nitrogens is 1. The van der Waals surface area contributed by atoms with Crippen molar-refractivity contribution in [1.82, 2.24) is 9.88 Å². The molecule has 1 aliphatic heterocycles.